The zero-order valence-electron chi connectivity index (χ0n) is 9.72. The Bertz CT molecular complexity index is 627. The van der Waals surface area contributed by atoms with Gasteiger partial charge in [0, 0.05) is 24.4 Å². The van der Waals surface area contributed by atoms with Crippen molar-refractivity contribution in [3.63, 3.8) is 0 Å². The van der Waals surface area contributed by atoms with Gasteiger partial charge in [-0.1, -0.05) is 0 Å². The number of halogens is 2. The van der Waals surface area contributed by atoms with Crippen molar-refractivity contribution < 1.29 is 23.4 Å². The van der Waals surface area contributed by atoms with Crippen LogP contribution in [0.1, 0.15) is 16.1 Å². The van der Waals surface area contributed by atoms with Gasteiger partial charge in [-0.2, -0.15) is 4.98 Å². The van der Waals surface area contributed by atoms with Crippen LogP contribution in [0, 0.1) is 18.6 Å². The zero-order chi connectivity index (χ0) is 14.0. The highest BCUT2D eigenvalue weighted by molar-refractivity contribution is 5.88. The number of nitrogens with zero attached hydrogens (tertiary/aromatic N) is 2. The fourth-order valence-electron chi connectivity index (χ4n) is 1.40. The molecule has 0 radical (unpaired) electrons. The minimum Gasteiger partial charge on any atom is -0.478 e. The van der Waals surface area contributed by atoms with E-state index < -0.39 is 17.6 Å². The van der Waals surface area contributed by atoms with Gasteiger partial charge in [-0.3, -0.25) is 0 Å². The highest BCUT2D eigenvalue weighted by Gasteiger charge is 2.11. The molecule has 0 saturated carbocycles. The second kappa shape index (κ2) is 4.97. The Morgan fingerprint density at radius 3 is 2.42 bits per heavy atom. The van der Waals surface area contributed by atoms with Crippen LogP contribution in [0.25, 0.3) is 0 Å². The topological polar surface area (TPSA) is 72.3 Å². The average molecular weight is 266 g/mol. The molecular formula is C12H8F2N2O3. The van der Waals surface area contributed by atoms with Gasteiger partial charge in [-0.15, -0.1) is 0 Å². The molecule has 1 aromatic carbocycles. The molecule has 0 unspecified atom stereocenters. The predicted molar refractivity (Wildman–Crippen MR) is 60.2 cm³/mol. The standard InChI is InChI=1S/C12H8F2N2O3/c1-6-10(11(17)18)5-15-12(16-6)19-9-3-7(13)2-8(14)4-9/h2-5H,1H3,(H,17,18). The Labute approximate surface area is 106 Å². The van der Waals surface area contributed by atoms with E-state index in [2.05, 4.69) is 9.97 Å². The van der Waals surface area contributed by atoms with Gasteiger partial charge in [0.15, 0.2) is 0 Å². The van der Waals surface area contributed by atoms with Gasteiger partial charge < -0.3 is 9.84 Å². The summed E-state index contributed by atoms with van der Waals surface area (Å²) in [5.74, 6) is -2.87. The lowest BCUT2D eigenvalue weighted by atomic mass is 10.2. The second-order valence-corrected chi connectivity index (χ2v) is 3.66. The van der Waals surface area contributed by atoms with E-state index in [1.807, 2.05) is 0 Å². The highest BCUT2D eigenvalue weighted by atomic mass is 19.1. The van der Waals surface area contributed by atoms with Crippen LogP contribution in [0.3, 0.4) is 0 Å². The minimum absolute atomic E-state index is 0.0715. The Kier molecular flexibility index (Phi) is 3.37. The fourth-order valence-corrected chi connectivity index (χ4v) is 1.40. The first-order valence-electron chi connectivity index (χ1n) is 5.16. The molecule has 7 heteroatoms. The van der Waals surface area contributed by atoms with Crippen molar-refractivity contribution in [2.75, 3.05) is 0 Å². The summed E-state index contributed by atoms with van der Waals surface area (Å²) in [5, 5.41) is 8.80. The first-order valence-corrected chi connectivity index (χ1v) is 5.16. The molecule has 0 spiro atoms. The summed E-state index contributed by atoms with van der Waals surface area (Å²) >= 11 is 0. The molecule has 0 saturated heterocycles. The molecular weight excluding hydrogens is 258 g/mol. The van der Waals surface area contributed by atoms with Crippen LogP contribution in [0.5, 0.6) is 11.8 Å². The van der Waals surface area contributed by atoms with Crippen LogP contribution in [-0.2, 0) is 0 Å². The summed E-state index contributed by atoms with van der Waals surface area (Å²) in [6.07, 6.45) is 1.07. The van der Waals surface area contributed by atoms with E-state index in [1.165, 1.54) is 6.92 Å². The summed E-state index contributed by atoms with van der Waals surface area (Å²) < 4.78 is 30.9. The summed E-state index contributed by atoms with van der Waals surface area (Å²) in [6, 6.07) is 2.44. The van der Waals surface area contributed by atoms with Gasteiger partial charge in [0.25, 0.3) is 0 Å². The average Bonchev–Trinajstić information content (AvgIpc) is 2.26. The molecule has 98 valence electrons. The van der Waals surface area contributed by atoms with Crippen LogP contribution in [-0.4, -0.2) is 21.0 Å². The van der Waals surface area contributed by atoms with Crippen molar-refractivity contribution >= 4 is 5.97 Å². The van der Waals surface area contributed by atoms with Gasteiger partial charge in [0.05, 0.1) is 11.3 Å². The molecule has 0 amide bonds. The first kappa shape index (κ1) is 12.9. The molecule has 0 fully saturated rings. The number of ether oxygens (including phenoxy) is 1. The van der Waals surface area contributed by atoms with Crippen molar-refractivity contribution in [3.05, 3.63) is 47.3 Å². The third-order valence-electron chi connectivity index (χ3n) is 2.23. The summed E-state index contributed by atoms with van der Waals surface area (Å²) in [5.41, 5.74) is 0.118. The lowest BCUT2D eigenvalue weighted by Crippen LogP contribution is -2.04. The Hall–Kier alpha value is -2.57. The SMILES string of the molecule is Cc1nc(Oc2cc(F)cc(F)c2)ncc1C(=O)O. The summed E-state index contributed by atoms with van der Waals surface area (Å²) in [7, 11) is 0. The largest absolute Gasteiger partial charge is 0.478 e. The van der Waals surface area contributed by atoms with Gasteiger partial charge in [0.1, 0.15) is 17.4 Å². The fraction of sp³-hybridized carbons (Fsp3) is 0.0833. The van der Waals surface area contributed by atoms with E-state index in [-0.39, 0.29) is 23.0 Å². The number of carbonyl (C=O) groups is 1. The van der Waals surface area contributed by atoms with E-state index in [9.17, 15) is 13.6 Å². The molecule has 1 N–H and O–H groups in total. The summed E-state index contributed by atoms with van der Waals surface area (Å²) in [6.45, 7) is 1.46. The molecule has 2 aromatic rings. The lowest BCUT2D eigenvalue weighted by Gasteiger charge is -2.05. The number of rotatable bonds is 3. The number of hydrogen-bond donors (Lipinski definition) is 1. The van der Waals surface area contributed by atoms with Crippen LogP contribution >= 0.6 is 0 Å². The molecule has 0 aliphatic heterocycles. The predicted octanol–water partition coefficient (Wildman–Crippen LogP) is 2.55. The number of carboxylic acid groups (broad SMARTS) is 1. The van der Waals surface area contributed by atoms with Crippen LogP contribution < -0.4 is 4.74 Å². The van der Waals surface area contributed by atoms with E-state index >= 15 is 0 Å². The minimum atomic E-state index is -1.17. The van der Waals surface area contributed by atoms with Crippen molar-refractivity contribution in [1.82, 2.24) is 9.97 Å². The van der Waals surface area contributed by atoms with E-state index in [4.69, 9.17) is 9.84 Å². The monoisotopic (exact) mass is 266 g/mol. The number of carboxylic acids is 1. The highest BCUT2D eigenvalue weighted by Crippen LogP contribution is 2.21. The third-order valence-corrected chi connectivity index (χ3v) is 2.23. The van der Waals surface area contributed by atoms with Gasteiger partial charge in [-0.05, 0) is 6.92 Å². The van der Waals surface area contributed by atoms with Gasteiger partial charge in [-0.25, -0.2) is 18.6 Å². The molecule has 0 aliphatic rings. The third kappa shape index (κ3) is 3.01. The van der Waals surface area contributed by atoms with Gasteiger partial charge >= 0.3 is 12.0 Å². The Morgan fingerprint density at radius 2 is 1.89 bits per heavy atom. The second-order valence-electron chi connectivity index (χ2n) is 3.66. The number of aryl methyl sites for hydroxylation is 1. The first-order chi connectivity index (χ1) is 8.95. The molecule has 2 rings (SSSR count). The van der Waals surface area contributed by atoms with E-state index in [1.54, 1.807) is 0 Å². The number of hydrogen-bond acceptors (Lipinski definition) is 4. The van der Waals surface area contributed by atoms with E-state index in [0.717, 1.165) is 18.3 Å². The zero-order valence-corrected chi connectivity index (χ0v) is 9.72. The van der Waals surface area contributed by atoms with Crippen molar-refractivity contribution in [2.24, 2.45) is 0 Å². The molecule has 5 nitrogen and oxygen atoms in total. The smallest absolute Gasteiger partial charge is 0.339 e. The normalized spacial score (nSPS) is 10.3. The van der Waals surface area contributed by atoms with Crippen molar-refractivity contribution in [3.8, 4) is 11.8 Å². The maximum Gasteiger partial charge on any atom is 0.339 e. The molecule has 0 aliphatic carbocycles. The van der Waals surface area contributed by atoms with Gasteiger partial charge in [0.2, 0.25) is 0 Å². The summed E-state index contributed by atoms with van der Waals surface area (Å²) in [4.78, 5) is 18.2. The molecule has 1 aromatic heterocycles. The maximum atomic E-state index is 12.9. The van der Waals surface area contributed by atoms with Crippen LogP contribution in [0.4, 0.5) is 8.78 Å². The van der Waals surface area contributed by atoms with Crippen molar-refractivity contribution in [1.29, 1.82) is 0 Å². The molecule has 19 heavy (non-hydrogen) atoms. The van der Waals surface area contributed by atoms with E-state index in [0.29, 0.717) is 6.07 Å². The van der Waals surface area contributed by atoms with Crippen LogP contribution in [0.2, 0.25) is 0 Å². The molecule has 0 bridgehead atoms. The lowest BCUT2D eigenvalue weighted by molar-refractivity contribution is 0.0695. The number of aromatic nitrogens is 2. The van der Waals surface area contributed by atoms with Crippen molar-refractivity contribution in [2.45, 2.75) is 6.92 Å². The molecule has 1 heterocycles. The Morgan fingerprint density at radius 1 is 1.26 bits per heavy atom. The quantitative estimate of drug-likeness (QED) is 0.924. The number of aromatic carboxylic acids is 1. The molecule has 0 atom stereocenters. The maximum absolute atomic E-state index is 12.9. The number of benzene rings is 1. The Balaban J connectivity index is 2.28. The van der Waals surface area contributed by atoms with Crippen LogP contribution in [0.15, 0.2) is 24.4 Å².